The molecule has 0 saturated heterocycles. The molecule has 0 aliphatic carbocycles. The van der Waals surface area contributed by atoms with Crippen LogP contribution in [0.3, 0.4) is 0 Å². The highest BCUT2D eigenvalue weighted by Gasteiger charge is 2.30. The first-order valence-corrected chi connectivity index (χ1v) is 9.62. The first-order chi connectivity index (χ1) is 12.8. The van der Waals surface area contributed by atoms with E-state index in [4.69, 9.17) is 9.47 Å². The number of carbonyl (C=O) groups is 1. The van der Waals surface area contributed by atoms with E-state index in [-0.39, 0.29) is 16.3 Å². The van der Waals surface area contributed by atoms with Gasteiger partial charge in [0.1, 0.15) is 25.6 Å². The van der Waals surface area contributed by atoms with Crippen LogP contribution in [0.4, 0.5) is 10.1 Å². The van der Waals surface area contributed by atoms with Crippen molar-refractivity contribution >= 4 is 21.6 Å². The molecule has 1 heterocycles. The predicted octanol–water partition coefficient (Wildman–Crippen LogP) is 1.88. The number of hydrogen-bond donors (Lipinski definition) is 0. The summed E-state index contributed by atoms with van der Waals surface area (Å²) >= 11 is 0. The number of para-hydroxylation sites is 1. The summed E-state index contributed by atoms with van der Waals surface area (Å²) in [5.41, 5.74) is -0.206. The van der Waals surface area contributed by atoms with Gasteiger partial charge in [-0.05, 0) is 24.3 Å². The smallest absolute Gasteiger partial charge is 0.265 e. The Morgan fingerprint density at radius 2 is 1.74 bits per heavy atom. The molecule has 3 rings (SSSR count). The summed E-state index contributed by atoms with van der Waals surface area (Å²) in [4.78, 5) is 13.3. The van der Waals surface area contributed by atoms with Gasteiger partial charge >= 0.3 is 0 Å². The van der Waals surface area contributed by atoms with Gasteiger partial charge in [-0.3, -0.25) is 9.10 Å². The minimum absolute atomic E-state index is 0.124. The van der Waals surface area contributed by atoms with Crippen LogP contribution in [0, 0.1) is 5.82 Å². The molecule has 0 radical (unpaired) electrons. The number of benzene rings is 2. The zero-order valence-electron chi connectivity index (χ0n) is 14.9. The van der Waals surface area contributed by atoms with Crippen molar-refractivity contribution in [3.63, 3.8) is 0 Å². The standard InChI is InChI=1S/C18H19FN2O5S/c1-20(2)18(22)12-21(15-6-4-3-5-14(15)19)27(23,24)13-7-8-16-17(11-13)26-10-9-25-16/h3-8,11H,9-10,12H2,1-2H3. The van der Waals surface area contributed by atoms with Crippen molar-refractivity contribution in [1.29, 1.82) is 0 Å². The number of rotatable bonds is 5. The highest BCUT2D eigenvalue weighted by molar-refractivity contribution is 7.92. The Labute approximate surface area is 157 Å². The molecule has 0 aromatic heterocycles. The van der Waals surface area contributed by atoms with E-state index in [9.17, 15) is 17.6 Å². The molecule has 144 valence electrons. The van der Waals surface area contributed by atoms with E-state index in [1.54, 1.807) is 0 Å². The van der Waals surface area contributed by atoms with Crippen molar-refractivity contribution in [2.24, 2.45) is 0 Å². The largest absolute Gasteiger partial charge is 0.486 e. The maximum absolute atomic E-state index is 14.3. The summed E-state index contributed by atoms with van der Waals surface area (Å²) in [5.74, 6) is -0.513. The average molecular weight is 394 g/mol. The van der Waals surface area contributed by atoms with E-state index >= 15 is 0 Å². The van der Waals surface area contributed by atoms with Crippen molar-refractivity contribution in [2.45, 2.75) is 4.90 Å². The number of likely N-dealkylation sites (N-methyl/N-ethyl adjacent to an activating group) is 1. The Morgan fingerprint density at radius 1 is 1.07 bits per heavy atom. The SMILES string of the molecule is CN(C)C(=O)CN(c1ccccc1F)S(=O)(=O)c1ccc2c(c1)OCCO2. The average Bonchev–Trinajstić information content (AvgIpc) is 2.66. The van der Waals surface area contributed by atoms with Gasteiger partial charge in [-0.2, -0.15) is 0 Å². The quantitative estimate of drug-likeness (QED) is 0.774. The van der Waals surface area contributed by atoms with Crippen LogP contribution in [0.25, 0.3) is 0 Å². The second-order valence-electron chi connectivity index (χ2n) is 6.06. The molecule has 9 heteroatoms. The molecule has 1 amide bonds. The van der Waals surface area contributed by atoms with Crippen molar-refractivity contribution in [3.8, 4) is 11.5 Å². The fourth-order valence-corrected chi connectivity index (χ4v) is 3.97. The molecule has 27 heavy (non-hydrogen) atoms. The van der Waals surface area contributed by atoms with E-state index in [0.29, 0.717) is 19.0 Å². The molecule has 1 aliphatic rings. The van der Waals surface area contributed by atoms with Crippen molar-refractivity contribution in [3.05, 3.63) is 48.3 Å². The second kappa shape index (κ2) is 7.43. The molecule has 0 atom stereocenters. The Morgan fingerprint density at radius 3 is 2.41 bits per heavy atom. The van der Waals surface area contributed by atoms with Gasteiger partial charge in [0, 0.05) is 20.2 Å². The van der Waals surface area contributed by atoms with Crippen LogP contribution in [-0.4, -0.2) is 53.1 Å². The summed E-state index contributed by atoms with van der Waals surface area (Å²) in [6.07, 6.45) is 0. The van der Waals surface area contributed by atoms with Gasteiger partial charge in [-0.25, -0.2) is 12.8 Å². The Balaban J connectivity index is 2.07. The first kappa shape index (κ1) is 19.0. The third kappa shape index (κ3) is 3.82. The number of amides is 1. The van der Waals surface area contributed by atoms with Crippen LogP contribution in [0.2, 0.25) is 0 Å². The third-order valence-electron chi connectivity index (χ3n) is 4.00. The molecule has 2 aromatic rings. The van der Waals surface area contributed by atoms with E-state index in [1.807, 2.05) is 0 Å². The van der Waals surface area contributed by atoms with Crippen LogP contribution in [0.1, 0.15) is 0 Å². The van der Waals surface area contributed by atoms with Crippen molar-refractivity contribution < 1.29 is 27.1 Å². The number of hydrogen-bond acceptors (Lipinski definition) is 5. The molecule has 0 fully saturated rings. The maximum atomic E-state index is 14.3. The lowest BCUT2D eigenvalue weighted by molar-refractivity contribution is -0.127. The van der Waals surface area contributed by atoms with Gasteiger partial charge < -0.3 is 14.4 Å². The van der Waals surface area contributed by atoms with Gasteiger partial charge in [0.05, 0.1) is 10.6 Å². The molecule has 0 bridgehead atoms. The number of fused-ring (bicyclic) bond motifs is 1. The van der Waals surface area contributed by atoms with Gasteiger partial charge in [0.2, 0.25) is 5.91 Å². The third-order valence-corrected chi connectivity index (χ3v) is 5.76. The first-order valence-electron chi connectivity index (χ1n) is 8.18. The van der Waals surface area contributed by atoms with Gasteiger partial charge in [0.25, 0.3) is 10.0 Å². The number of halogens is 1. The lowest BCUT2D eigenvalue weighted by atomic mass is 10.3. The zero-order chi connectivity index (χ0) is 19.6. The molecule has 0 unspecified atom stereocenters. The van der Waals surface area contributed by atoms with Crippen LogP contribution in [0.15, 0.2) is 47.4 Å². The maximum Gasteiger partial charge on any atom is 0.265 e. The van der Waals surface area contributed by atoms with E-state index in [2.05, 4.69) is 0 Å². The fourth-order valence-electron chi connectivity index (χ4n) is 2.53. The Bertz CT molecular complexity index is 962. The number of nitrogens with zero attached hydrogens (tertiary/aromatic N) is 2. The lowest BCUT2D eigenvalue weighted by Gasteiger charge is -2.26. The van der Waals surface area contributed by atoms with E-state index in [0.717, 1.165) is 10.4 Å². The van der Waals surface area contributed by atoms with Crippen LogP contribution >= 0.6 is 0 Å². The molecule has 0 N–H and O–H groups in total. The van der Waals surface area contributed by atoms with E-state index in [1.165, 1.54) is 55.4 Å². The molecule has 2 aromatic carbocycles. The molecular formula is C18H19FN2O5S. The molecule has 0 saturated carbocycles. The molecule has 7 nitrogen and oxygen atoms in total. The van der Waals surface area contributed by atoms with Crippen LogP contribution in [-0.2, 0) is 14.8 Å². The Hall–Kier alpha value is -2.81. The van der Waals surface area contributed by atoms with E-state index < -0.39 is 28.3 Å². The highest BCUT2D eigenvalue weighted by Crippen LogP contribution is 2.34. The summed E-state index contributed by atoms with van der Waals surface area (Å²) in [7, 11) is -1.23. The topological polar surface area (TPSA) is 76.2 Å². The Kier molecular flexibility index (Phi) is 5.22. The zero-order valence-corrected chi connectivity index (χ0v) is 15.7. The fraction of sp³-hybridized carbons (Fsp3) is 0.278. The van der Waals surface area contributed by atoms with Gasteiger partial charge in [-0.15, -0.1) is 0 Å². The van der Waals surface area contributed by atoms with Crippen LogP contribution < -0.4 is 13.8 Å². The minimum atomic E-state index is -4.23. The summed E-state index contributed by atoms with van der Waals surface area (Å²) in [6.45, 7) is 0.134. The van der Waals surface area contributed by atoms with Crippen molar-refractivity contribution in [1.82, 2.24) is 4.90 Å². The monoisotopic (exact) mass is 394 g/mol. The number of anilines is 1. The normalized spacial score (nSPS) is 13.1. The van der Waals surface area contributed by atoms with Crippen LogP contribution in [0.5, 0.6) is 11.5 Å². The van der Waals surface area contributed by atoms with Crippen molar-refractivity contribution in [2.75, 3.05) is 38.2 Å². The molecular weight excluding hydrogens is 375 g/mol. The number of sulfonamides is 1. The second-order valence-corrected chi connectivity index (χ2v) is 7.92. The summed E-state index contributed by atoms with van der Waals surface area (Å²) in [6, 6.07) is 9.55. The summed E-state index contributed by atoms with van der Waals surface area (Å²) in [5, 5.41) is 0. The minimum Gasteiger partial charge on any atom is -0.486 e. The number of carbonyl (C=O) groups excluding carboxylic acids is 1. The molecule has 1 aliphatic heterocycles. The molecule has 0 spiro atoms. The predicted molar refractivity (Wildman–Crippen MR) is 97.1 cm³/mol. The number of ether oxygens (including phenoxy) is 2. The highest BCUT2D eigenvalue weighted by atomic mass is 32.2. The summed E-state index contributed by atoms with van der Waals surface area (Å²) < 4.78 is 52.4. The lowest BCUT2D eigenvalue weighted by Crippen LogP contribution is -2.40. The van der Waals surface area contributed by atoms with Gasteiger partial charge in [-0.1, -0.05) is 12.1 Å². The van der Waals surface area contributed by atoms with Gasteiger partial charge in [0.15, 0.2) is 11.5 Å².